The van der Waals surface area contributed by atoms with Gasteiger partial charge in [0.25, 0.3) is 0 Å². The van der Waals surface area contributed by atoms with Gasteiger partial charge in [-0.05, 0) is 37.0 Å². The highest BCUT2D eigenvalue weighted by Gasteiger charge is 2.23. The third-order valence-electron chi connectivity index (χ3n) is 4.96. The summed E-state index contributed by atoms with van der Waals surface area (Å²) in [4.78, 5) is 29.4. The number of aromatic amines is 1. The van der Waals surface area contributed by atoms with Crippen molar-refractivity contribution in [2.24, 2.45) is 5.92 Å². The summed E-state index contributed by atoms with van der Waals surface area (Å²) in [6, 6.07) is 5.21. The molecule has 0 atom stereocenters. The third-order valence-corrected chi connectivity index (χ3v) is 5.20. The molecule has 1 aliphatic heterocycles. The van der Waals surface area contributed by atoms with E-state index in [2.05, 4.69) is 11.9 Å². The molecule has 0 spiro atoms. The molecule has 0 bridgehead atoms. The lowest BCUT2D eigenvalue weighted by Crippen LogP contribution is -2.41. The Labute approximate surface area is 146 Å². The van der Waals surface area contributed by atoms with E-state index < -0.39 is 0 Å². The number of likely N-dealkylation sites (tertiary alicyclic amines) is 1. The SMILES string of the molecule is CCCCC1CCN(C(=O)Cn2c(=O)[nH]c3ccc(Cl)cc32)CC1. The second kappa shape index (κ2) is 7.43. The van der Waals surface area contributed by atoms with Gasteiger partial charge in [-0.1, -0.05) is 37.8 Å². The molecular formula is C18H24ClN3O2. The molecule has 0 unspecified atom stereocenters. The lowest BCUT2D eigenvalue weighted by Gasteiger charge is -2.32. The van der Waals surface area contributed by atoms with Crippen LogP contribution < -0.4 is 5.69 Å². The molecule has 24 heavy (non-hydrogen) atoms. The number of unbranched alkanes of at least 4 members (excludes halogenated alkanes) is 1. The summed E-state index contributed by atoms with van der Waals surface area (Å²) in [5.74, 6) is 0.746. The number of piperidine rings is 1. The van der Waals surface area contributed by atoms with E-state index >= 15 is 0 Å². The van der Waals surface area contributed by atoms with Crippen LogP contribution in [0.25, 0.3) is 11.0 Å². The van der Waals surface area contributed by atoms with Crippen LogP contribution in [0, 0.1) is 5.92 Å². The average Bonchev–Trinajstić information content (AvgIpc) is 2.88. The van der Waals surface area contributed by atoms with Crippen LogP contribution in [0.2, 0.25) is 5.02 Å². The van der Waals surface area contributed by atoms with Gasteiger partial charge in [0.1, 0.15) is 6.54 Å². The number of nitrogens with one attached hydrogen (secondary N) is 1. The quantitative estimate of drug-likeness (QED) is 0.899. The number of halogens is 1. The van der Waals surface area contributed by atoms with E-state index in [0.29, 0.717) is 16.1 Å². The van der Waals surface area contributed by atoms with Gasteiger partial charge in [0.2, 0.25) is 5.91 Å². The minimum absolute atomic E-state index is 0.00640. The monoisotopic (exact) mass is 349 g/mol. The Morgan fingerprint density at radius 2 is 2.08 bits per heavy atom. The maximum absolute atomic E-state index is 12.6. The first-order valence-electron chi connectivity index (χ1n) is 8.74. The van der Waals surface area contributed by atoms with Crippen LogP contribution in [0.5, 0.6) is 0 Å². The number of hydrogen-bond donors (Lipinski definition) is 1. The number of amides is 1. The summed E-state index contributed by atoms with van der Waals surface area (Å²) in [5, 5.41) is 0.555. The molecule has 1 aliphatic rings. The highest BCUT2D eigenvalue weighted by Crippen LogP contribution is 2.23. The molecule has 1 amide bonds. The Balaban J connectivity index is 1.67. The minimum atomic E-state index is -0.265. The number of carbonyl (C=O) groups is 1. The lowest BCUT2D eigenvalue weighted by atomic mass is 9.91. The van der Waals surface area contributed by atoms with E-state index in [1.54, 1.807) is 18.2 Å². The molecule has 1 fully saturated rings. The zero-order chi connectivity index (χ0) is 17.1. The molecule has 5 nitrogen and oxygen atoms in total. The van der Waals surface area contributed by atoms with Gasteiger partial charge in [-0.3, -0.25) is 9.36 Å². The van der Waals surface area contributed by atoms with E-state index in [1.165, 1.54) is 23.8 Å². The van der Waals surface area contributed by atoms with Crippen molar-refractivity contribution in [3.63, 3.8) is 0 Å². The first-order chi connectivity index (χ1) is 11.6. The molecule has 0 radical (unpaired) electrons. The molecule has 0 saturated carbocycles. The second-order valence-electron chi connectivity index (χ2n) is 6.64. The predicted octanol–water partition coefficient (Wildman–Crippen LogP) is 3.41. The molecule has 1 N–H and O–H groups in total. The van der Waals surface area contributed by atoms with Crippen LogP contribution in [0.15, 0.2) is 23.0 Å². The lowest BCUT2D eigenvalue weighted by molar-refractivity contribution is -0.133. The van der Waals surface area contributed by atoms with Crippen LogP contribution in [0.3, 0.4) is 0 Å². The second-order valence-corrected chi connectivity index (χ2v) is 7.08. The van der Waals surface area contributed by atoms with Gasteiger partial charge in [-0.2, -0.15) is 0 Å². The van der Waals surface area contributed by atoms with E-state index in [1.807, 2.05) is 4.90 Å². The van der Waals surface area contributed by atoms with Crippen LogP contribution in [-0.4, -0.2) is 33.4 Å². The molecule has 1 saturated heterocycles. The molecular weight excluding hydrogens is 326 g/mol. The van der Waals surface area contributed by atoms with E-state index in [9.17, 15) is 9.59 Å². The maximum atomic E-state index is 12.6. The Kier molecular flexibility index (Phi) is 5.29. The van der Waals surface area contributed by atoms with Crippen molar-refractivity contribution in [3.05, 3.63) is 33.7 Å². The van der Waals surface area contributed by atoms with Crippen molar-refractivity contribution in [3.8, 4) is 0 Å². The number of aromatic nitrogens is 2. The molecule has 2 aromatic rings. The van der Waals surface area contributed by atoms with Crippen LogP contribution >= 0.6 is 11.6 Å². The van der Waals surface area contributed by atoms with E-state index in [4.69, 9.17) is 11.6 Å². The summed E-state index contributed by atoms with van der Waals surface area (Å²) in [6.07, 6.45) is 5.90. The Hall–Kier alpha value is -1.75. The standard InChI is InChI=1S/C18H24ClN3O2/c1-2-3-4-13-7-9-21(10-8-13)17(23)12-22-16-11-14(19)5-6-15(16)20-18(22)24/h5-6,11,13H,2-4,7-10,12H2,1H3,(H,20,24). The zero-order valence-corrected chi connectivity index (χ0v) is 14.8. The molecule has 1 aromatic carbocycles. The van der Waals surface area contributed by atoms with Crippen molar-refractivity contribution in [1.29, 1.82) is 0 Å². The maximum Gasteiger partial charge on any atom is 0.326 e. The molecule has 130 valence electrons. The molecule has 1 aromatic heterocycles. The van der Waals surface area contributed by atoms with Gasteiger partial charge in [-0.15, -0.1) is 0 Å². The minimum Gasteiger partial charge on any atom is -0.341 e. The average molecular weight is 350 g/mol. The van der Waals surface area contributed by atoms with Gasteiger partial charge < -0.3 is 9.88 Å². The molecule has 0 aliphatic carbocycles. The van der Waals surface area contributed by atoms with Crippen LogP contribution in [0.4, 0.5) is 0 Å². The number of fused-ring (bicyclic) bond motifs is 1. The van der Waals surface area contributed by atoms with E-state index in [0.717, 1.165) is 31.8 Å². The van der Waals surface area contributed by atoms with Crippen molar-refractivity contribution in [1.82, 2.24) is 14.5 Å². The van der Waals surface area contributed by atoms with Crippen molar-refractivity contribution < 1.29 is 4.79 Å². The number of imidazole rings is 1. The van der Waals surface area contributed by atoms with Crippen molar-refractivity contribution in [2.75, 3.05) is 13.1 Å². The van der Waals surface area contributed by atoms with Crippen molar-refractivity contribution in [2.45, 2.75) is 45.6 Å². The Morgan fingerprint density at radius 1 is 1.33 bits per heavy atom. The third kappa shape index (κ3) is 3.66. The molecule has 6 heteroatoms. The van der Waals surface area contributed by atoms with Gasteiger partial charge in [0.05, 0.1) is 11.0 Å². The van der Waals surface area contributed by atoms with Gasteiger partial charge in [-0.25, -0.2) is 4.79 Å². The van der Waals surface area contributed by atoms with Crippen molar-refractivity contribution >= 4 is 28.5 Å². The smallest absolute Gasteiger partial charge is 0.326 e. The normalized spacial score (nSPS) is 16.0. The van der Waals surface area contributed by atoms with Crippen LogP contribution in [0.1, 0.15) is 39.0 Å². The Morgan fingerprint density at radius 3 is 2.79 bits per heavy atom. The summed E-state index contributed by atoms with van der Waals surface area (Å²) in [6.45, 7) is 3.87. The fourth-order valence-electron chi connectivity index (χ4n) is 3.48. The number of hydrogen-bond acceptors (Lipinski definition) is 2. The number of carbonyl (C=O) groups excluding carboxylic acids is 1. The summed E-state index contributed by atoms with van der Waals surface area (Å²) in [5.41, 5.74) is 1.12. The predicted molar refractivity (Wildman–Crippen MR) is 96.4 cm³/mol. The topological polar surface area (TPSA) is 58.1 Å². The largest absolute Gasteiger partial charge is 0.341 e. The summed E-state index contributed by atoms with van der Waals surface area (Å²) >= 11 is 6.02. The first-order valence-corrected chi connectivity index (χ1v) is 9.12. The highest BCUT2D eigenvalue weighted by molar-refractivity contribution is 6.31. The Bertz CT molecular complexity index is 772. The fourth-order valence-corrected chi connectivity index (χ4v) is 3.65. The number of rotatable bonds is 5. The summed E-state index contributed by atoms with van der Waals surface area (Å²) < 4.78 is 1.48. The number of nitrogens with zero attached hydrogens (tertiary/aromatic N) is 2. The highest BCUT2D eigenvalue weighted by atomic mass is 35.5. The first kappa shape index (κ1) is 17.1. The van der Waals surface area contributed by atoms with Gasteiger partial charge >= 0.3 is 5.69 Å². The number of benzene rings is 1. The number of H-pyrrole nitrogens is 1. The van der Waals surface area contributed by atoms with E-state index in [-0.39, 0.29) is 18.1 Å². The van der Waals surface area contributed by atoms with Gasteiger partial charge in [0, 0.05) is 18.1 Å². The molecule has 3 rings (SSSR count). The summed E-state index contributed by atoms with van der Waals surface area (Å²) in [7, 11) is 0. The van der Waals surface area contributed by atoms with Crippen LogP contribution in [-0.2, 0) is 11.3 Å². The molecule has 2 heterocycles. The fraction of sp³-hybridized carbons (Fsp3) is 0.556. The zero-order valence-electron chi connectivity index (χ0n) is 14.1. The van der Waals surface area contributed by atoms with Gasteiger partial charge in [0.15, 0.2) is 0 Å².